The third kappa shape index (κ3) is 8.05. The Balaban J connectivity index is 0.000000487. The number of allylic oxidation sites excluding steroid dienone is 2. The molecule has 0 unspecified atom stereocenters. The summed E-state index contributed by atoms with van der Waals surface area (Å²) in [5.41, 5.74) is 1.30. The first-order valence-electron chi connectivity index (χ1n) is 5.82. The second-order valence-corrected chi connectivity index (χ2v) is 4.84. The number of hydrogen-bond donors (Lipinski definition) is 0. The highest BCUT2D eigenvalue weighted by Gasteiger charge is 1.78. The highest BCUT2D eigenvalue weighted by Crippen LogP contribution is 1.87. The molecule has 0 radical (unpaired) electrons. The minimum absolute atomic E-state index is 0.833. The fourth-order valence-corrected chi connectivity index (χ4v) is 0.953. The maximum atomic E-state index is 3.94. The zero-order valence-corrected chi connectivity index (χ0v) is 11.2. The van der Waals surface area contributed by atoms with Crippen LogP contribution in [0.15, 0.2) is 35.9 Å². The van der Waals surface area contributed by atoms with Gasteiger partial charge < -0.3 is 0 Å². The summed E-state index contributed by atoms with van der Waals surface area (Å²) in [5, 5.41) is 2.27. The van der Waals surface area contributed by atoms with Gasteiger partial charge in [0.25, 0.3) is 0 Å². The molecule has 0 aromatic heterocycles. The predicted molar refractivity (Wildman–Crippen MR) is 75.6 cm³/mol. The van der Waals surface area contributed by atoms with Crippen molar-refractivity contribution in [3.05, 3.63) is 46.4 Å². The summed E-state index contributed by atoms with van der Waals surface area (Å²) in [4.78, 5) is 0. The Morgan fingerprint density at radius 1 is 1.12 bits per heavy atom. The van der Waals surface area contributed by atoms with Crippen LogP contribution in [0.2, 0.25) is 0 Å². The molecule has 0 N–H and O–H groups in total. The van der Waals surface area contributed by atoms with Crippen LogP contribution in [0, 0.1) is 5.92 Å². The molecule has 16 heavy (non-hydrogen) atoms. The molecule has 0 heteroatoms. The second kappa shape index (κ2) is 7.92. The largest absolute Gasteiger partial charge is 0.0912 e. The lowest BCUT2D eigenvalue weighted by Gasteiger charge is -1.86. The van der Waals surface area contributed by atoms with Gasteiger partial charge in [0, 0.05) is 0 Å². The zero-order valence-electron chi connectivity index (χ0n) is 11.2. The van der Waals surface area contributed by atoms with E-state index >= 15 is 0 Å². The number of rotatable bonds is 1. The van der Waals surface area contributed by atoms with Gasteiger partial charge in [0.1, 0.15) is 0 Å². The van der Waals surface area contributed by atoms with E-state index in [1.54, 1.807) is 0 Å². The quantitative estimate of drug-likeness (QED) is 0.674. The molecule has 0 saturated carbocycles. The van der Waals surface area contributed by atoms with E-state index in [2.05, 4.69) is 59.4 Å². The molecule has 0 amide bonds. The summed E-state index contributed by atoms with van der Waals surface area (Å²) >= 11 is 0. The van der Waals surface area contributed by atoms with Crippen molar-refractivity contribution in [2.45, 2.75) is 34.6 Å². The summed E-state index contributed by atoms with van der Waals surface area (Å²) in [5.74, 6) is 0.833. The van der Waals surface area contributed by atoms with Gasteiger partial charge in [-0.25, -0.2) is 0 Å². The second-order valence-electron chi connectivity index (χ2n) is 4.84. The van der Waals surface area contributed by atoms with E-state index in [9.17, 15) is 0 Å². The third-order valence-electron chi connectivity index (χ3n) is 1.65. The Morgan fingerprint density at radius 3 is 2.06 bits per heavy atom. The lowest BCUT2D eigenvalue weighted by atomic mass is 10.2. The van der Waals surface area contributed by atoms with Crippen LogP contribution in [0.5, 0.6) is 0 Å². The standard InChI is InChI=1S/C12H14.C4H10/c1-10(2)8-9-12-7-5-4-6-11(12)3;1-4(2)3/h4-9H,3H2,1-2H3;4H,1-3H3/b12-9-;. The minimum atomic E-state index is 0.833. The summed E-state index contributed by atoms with van der Waals surface area (Å²) in [7, 11) is 0. The molecule has 0 atom stereocenters. The SMILES string of the molecule is C=c1cccc/c1=C/C=C(C)C.CC(C)C. The maximum Gasteiger partial charge on any atom is -0.0190 e. The van der Waals surface area contributed by atoms with Crippen LogP contribution in [0.25, 0.3) is 12.7 Å². The average Bonchev–Trinajstić information content (AvgIpc) is 2.15. The van der Waals surface area contributed by atoms with Gasteiger partial charge in [-0.05, 0) is 30.2 Å². The molecule has 0 heterocycles. The molecule has 0 spiro atoms. The molecule has 0 saturated heterocycles. The van der Waals surface area contributed by atoms with Crippen LogP contribution in [0.3, 0.4) is 0 Å². The molecule has 0 aliphatic heterocycles. The van der Waals surface area contributed by atoms with Gasteiger partial charge in [0.15, 0.2) is 0 Å². The van der Waals surface area contributed by atoms with E-state index in [-0.39, 0.29) is 0 Å². The Hall–Kier alpha value is -1.30. The fourth-order valence-electron chi connectivity index (χ4n) is 0.953. The van der Waals surface area contributed by atoms with Crippen LogP contribution in [-0.2, 0) is 0 Å². The molecule has 0 fully saturated rings. The van der Waals surface area contributed by atoms with Crippen molar-refractivity contribution in [2.75, 3.05) is 0 Å². The molecular weight excluding hydrogens is 192 g/mol. The van der Waals surface area contributed by atoms with Gasteiger partial charge in [-0.2, -0.15) is 0 Å². The predicted octanol–water partition coefficient (Wildman–Crippen LogP) is 3.51. The van der Waals surface area contributed by atoms with Gasteiger partial charge in [-0.1, -0.05) is 69.3 Å². The Bertz CT molecular complexity index is 415. The lowest BCUT2D eigenvalue weighted by Crippen LogP contribution is -2.21. The maximum absolute atomic E-state index is 3.94. The fraction of sp³-hybridized carbons (Fsp3) is 0.375. The zero-order chi connectivity index (χ0) is 12.6. The Morgan fingerprint density at radius 2 is 1.62 bits per heavy atom. The first-order chi connectivity index (χ1) is 7.43. The van der Waals surface area contributed by atoms with Crippen molar-refractivity contribution >= 4 is 12.7 Å². The Kier molecular flexibility index (Phi) is 7.28. The van der Waals surface area contributed by atoms with Gasteiger partial charge in [-0.15, -0.1) is 0 Å². The van der Waals surface area contributed by atoms with Crippen LogP contribution >= 0.6 is 0 Å². The number of hydrogen-bond acceptors (Lipinski definition) is 0. The minimum Gasteiger partial charge on any atom is -0.0912 e. The van der Waals surface area contributed by atoms with Crippen LogP contribution in [0.1, 0.15) is 34.6 Å². The van der Waals surface area contributed by atoms with Gasteiger partial charge in [0.05, 0.1) is 0 Å². The van der Waals surface area contributed by atoms with Gasteiger partial charge >= 0.3 is 0 Å². The molecule has 1 aromatic rings. The van der Waals surface area contributed by atoms with Crippen molar-refractivity contribution in [3.63, 3.8) is 0 Å². The van der Waals surface area contributed by atoms with Gasteiger partial charge in [-0.3, -0.25) is 0 Å². The van der Waals surface area contributed by atoms with E-state index in [0.29, 0.717) is 0 Å². The van der Waals surface area contributed by atoms with Crippen LogP contribution < -0.4 is 10.4 Å². The van der Waals surface area contributed by atoms with Crippen molar-refractivity contribution in [1.29, 1.82) is 0 Å². The summed E-state index contributed by atoms with van der Waals surface area (Å²) < 4.78 is 0. The molecule has 0 bridgehead atoms. The molecule has 1 aromatic carbocycles. The Labute approximate surface area is 100 Å². The average molecular weight is 216 g/mol. The van der Waals surface area contributed by atoms with Crippen molar-refractivity contribution < 1.29 is 0 Å². The topological polar surface area (TPSA) is 0 Å². The molecule has 0 aliphatic rings. The lowest BCUT2D eigenvalue weighted by molar-refractivity contribution is 0.737. The van der Waals surface area contributed by atoms with E-state index in [1.165, 1.54) is 10.8 Å². The van der Waals surface area contributed by atoms with E-state index < -0.39 is 0 Å². The van der Waals surface area contributed by atoms with Crippen molar-refractivity contribution in [1.82, 2.24) is 0 Å². The van der Waals surface area contributed by atoms with E-state index in [1.807, 2.05) is 18.2 Å². The molecule has 1 rings (SSSR count). The highest BCUT2D eigenvalue weighted by atomic mass is 13.8. The molecule has 0 nitrogen and oxygen atoms in total. The first-order valence-corrected chi connectivity index (χ1v) is 5.82. The summed E-state index contributed by atoms with van der Waals surface area (Å²) in [6, 6.07) is 8.12. The normalized spacial score (nSPS) is 10.8. The summed E-state index contributed by atoms with van der Waals surface area (Å²) in [6.45, 7) is 14.6. The van der Waals surface area contributed by atoms with Crippen molar-refractivity contribution in [3.8, 4) is 0 Å². The molecule has 88 valence electrons. The third-order valence-corrected chi connectivity index (χ3v) is 1.65. The van der Waals surface area contributed by atoms with Crippen LogP contribution in [0.4, 0.5) is 0 Å². The van der Waals surface area contributed by atoms with E-state index in [4.69, 9.17) is 0 Å². The monoisotopic (exact) mass is 216 g/mol. The number of benzene rings is 1. The van der Waals surface area contributed by atoms with Crippen LogP contribution in [-0.4, -0.2) is 0 Å². The smallest absolute Gasteiger partial charge is 0.0190 e. The molecule has 0 aliphatic carbocycles. The highest BCUT2D eigenvalue weighted by molar-refractivity contribution is 5.39. The first kappa shape index (κ1) is 14.7. The summed E-state index contributed by atoms with van der Waals surface area (Å²) in [6.07, 6.45) is 4.20. The molecular formula is C16H24. The van der Waals surface area contributed by atoms with E-state index in [0.717, 1.165) is 11.1 Å². The van der Waals surface area contributed by atoms with Gasteiger partial charge in [0.2, 0.25) is 0 Å². The van der Waals surface area contributed by atoms with Crippen molar-refractivity contribution in [2.24, 2.45) is 5.92 Å².